The van der Waals surface area contributed by atoms with Crippen molar-refractivity contribution in [3.05, 3.63) is 29.8 Å². The number of rotatable bonds is 6. The normalized spacial score (nSPS) is 11.3. The van der Waals surface area contributed by atoms with Gasteiger partial charge in [0.1, 0.15) is 5.60 Å². The van der Waals surface area contributed by atoms with E-state index in [2.05, 4.69) is 0 Å². The summed E-state index contributed by atoms with van der Waals surface area (Å²) in [4.78, 5) is 22.2. The zero-order chi connectivity index (χ0) is 16.8. The van der Waals surface area contributed by atoms with Gasteiger partial charge in [0.2, 0.25) is 0 Å². The Morgan fingerprint density at radius 1 is 1.23 bits per heavy atom. The van der Waals surface area contributed by atoms with Crippen LogP contribution in [-0.4, -0.2) is 36.4 Å². The summed E-state index contributed by atoms with van der Waals surface area (Å²) in [5.74, 6) is -0.773. The van der Waals surface area contributed by atoms with E-state index in [0.717, 1.165) is 6.08 Å². The van der Waals surface area contributed by atoms with Crippen LogP contribution in [-0.2, 0) is 14.3 Å². The number of aliphatic carboxylic acids is 1. The summed E-state index contributed by atoms with van der Waals surface area (Å²) >= 11 is 0. The van der Waals surface area contributed by atoms with Crippen LogP contribution in [0.2, 0.25) is 0 Å². The van der Waals surface area contributed by atoms with E-state index in [4.69, 9.17) is 19.3 Å². The largest absolute Gasteiger partial charge is 0.493 e. The number of carboxylic acids is 1. The van der Waals surface area contributed by atoms with Crippen molar-refractivity contribution in [2.75, 3.05) is 13.7 Å². The number of benzene rings is 1. The number of esters is 1. The van der Waals surface area contributed by atoms with Crippen LogP contribution in [0.3, 0.4) is 0 Å². The number of carbonyl (C=O) groups excluding carboxylic acids is 1. The lowest BCUT2D eigenvalue weighted by Gasteiger charge is -2.19. The summed E-state index contributed by atoms with van der Waals surface area (Å²) in [5.41, 5.74) is 0.0266. The van der Waals surface area contributed by atoms with E-state index in [1.807, 2.05) is 0 Å². The molecule has 0 fully saturated rings. The molecule has 0 aliphatic carbocycles. The van der Waals surface area contributed by atoms with E-state index in [0.29, 0.717) is 17.1 Å². The van der Waals surface area contributed by atoms with Gasteiger partial charge in [-0.3, -0.25) is 0 Å². The third kappa shape index (κ3) is 6.30. The molecule has 1 aromatic carbocycles. The van der Waals surface area contributed by atoms with Crippen molar-refractivity contribution in [1.29, 1.82) is 0 Å². The van der Waals surface area contributed by atoms with Crippen LogP contribution in [0.1, 0.15) is 26.3 Å². The molecule has 0 aliphatic heterocycles. The molecular formula is C16H20O6. The molecule has 120 valence electrons. The quantitative estimate of drug-likeness (QED) is 0.642. The van der Waals surface area contributed by atoms with Gasteiger partial charge in [-0.1, -0.05) is 6.07 Å². The highest BCUT2D eigenvalue weighted by molar-refractivity contribution is 5.85. The van der Waals surface area contributed by atoms with Crippen LogP contribution in [0.5, 0.6) is 11.5 Å². The first-order valence-electron chi connectivity index (χ1n) is 6.65. The van der Waals surface area contributed by atoms with E-state index in [1.165, 1.54) is 13.2 Å². The van der Waals surface area contributed by atoms with Gasteiger partial charge >= 0.3 is 11.9 Å². The molecule has 0 saturated heterocycles. The van der Waals surface area contributed by atoms with Crippen molar-refractivity contribution in [2.24, 2.45) is 0 Å². The maximum atomic E-state index is 11.7. The first-order valence-corrected chi connectivity index (χ1v) is 6.65. The Balaban J connectivity index is 2.81. The Morgan fingerprint density at radius 3 is 2.45 bits per heavy atom. The molecule has 0 aliphatic rings. The van der Waals surface area contributed by atoms with Crippen molar-refractivity contribution < 1.29 is 28.9 Å². The fraction of sp³-hybridized carbons (Fsp3) is 0.375. The topological polar surface area (TPSA) is 82.1 Å². The lowest BCUT2D eigenvalue weighted by atomic mass is 10.2. The SMILES string of the molecule is COc1ccc(C=CC(=O)O)cc1OCC(=O)OC(C)(C)C. The third-order valence-electron chi connectivity index (χ3n) is 2.37. The molecule has 22 heavy (non-hydrogen) atoms. The summed E-state index contributed by atoms with van der Waals surface area (Å²) in [7, 11) is 1.47. The Labute approximate surface area is 129 Å². The molecule has 0 saturated carbocycles. The molecule has 0 bridgehead atoms. The second kappa shape index (κ2) is 7.49. The fourth-order valence-corrected chi connectivity index (χ4v) is 1.58. The Bertz CT molecular complexity index is 568. The molecule has 0 heterocycles. The summed E-state index contributed by atoms with van der Waals surface area (Å²) in [6, 6.07) is 4.90. The zero-order valence-electron chi connectivity index (χ0n) is 13.1. The smallest absolute Gasteiger partial charge is 0.344 e. The number of carbonyl (C=O) groups is 2. The number of hydrogen-bond acceptors (Lipinski definition) is 5. The van der Waals surface area contributed by atoms with Crippen LogP contribution in [0.4, 0.5) is 0 Å². The van der Waals surface area contributed by atoms with Crippen molar-refractivity contribution in [1.82, 2.24) is 0 Å². The third-order valence-corrected chi connectivity index (χ3v) is 2.37. The maximum absolute atomic E-state index is 11.7. The molecule has 6 heteroatoms. The van der Waals surface area contributed by atoms with Gasteiger partial charge in [-0.05, 0) is 44.5 Å². The van der Waals surface area contributed by atoms with Crippen LogP contribution in [0.15, 0.2) is 24.3 Å². The van der Waals surface area contributed by atoms with Crippen LogP contribution in [0, 0.1) is 0 Å². The molecule has 0 radical (unpaired) electrons. The molecule has 0 amide bonds. The summed E-state index contributed by atoms with van der Waals surface area (Å²) in [6.45, 7) is 5.04. The number of ether oxygens (including phenoxy) is 3. The number of methoxy groups -OCH3 is 1. The monoisotopic (exact) mass is 308 g/mol. The van der Waals surface area contributed by atoms with Crippen LogP contribution >= 0.6 is 0 Å². The van der Waals surface area contributed by atoms with Gasteiger partial charge in [-0.15, -0.1) is 0 Å². The summed E-state index contributed by atoms with van der Waals surface area (Å²) < 4.78 is 15.7. The molecule has 1 N–H and O–H groups in total. The van der Waals surface area contributed by atoms with Crippen molar-refractivity contribution >= 4 is 18.0 Å². The van der Waals surface area contributed by atoms with Crippen molar-refractivity contribution in [2.45, 2.75) is 26.4 Å². The lowest BCUT2D eigenvalue weighted by molar-refractivity contribution is -0.157. The second-order valence-corrected chi connectivity index (χ2v) is 5.46. The molecule has 1 rings (SSSR count). The highest BCUT2D eigenvalue weighted by Gasteiger charge is 2.17. The number of carboxylic acid groups (broad SMARTS) is 1. The molecule has 0 unspecified atom stereocenters. The van der Waals surface area contributed by atoms with Crippen molar-refractivity contribution in [3.8, 4) is 11.5 Å². The molecule has 0 atom stereocenters. The Morgan fingerprint density at radius 2 is 1.91 bits per heavy atom. The lowest BCUT2D eigenvalue weighted by Crippen LogP contribution is -2.27. The molecule has 0 spiro atoms. The van der Waals surface area contributed by atoms with E-state index in [-0.39, 0.29) is 6.61 Å². The zero-order valence-corrected chi connectivity index (χ0v) is 13.1. The van der Waals surface area contributed by atoms with Gasteiger partial charge in [0, 0.05) is 6.08 Å². The highest BCUT2D eigenvalue weighted by atomic mass is 16.6. The molecule has 1 aromatic rings. The van der Waals surface area contributed by atoms with E-state index in [9.17, 15) is 9.59 Å². The Kier molecular flexibility index (Phi) is 5.98. The Hall–Kier alpha value is -2.50. The van der Waals surface area contributed by atoms with Gasteiger partial charge in [0.25, 0.3) is 0 Å². The number of hydrogen-bond donors (Lipinski definition) is 1. The van der Waals surface area contributed by atoms with Gasteiger partial charge in [0.15, 0.2) is 18.1 Å². The van der Waals surface area contributed by atoms with Gasteiger partial charge in [-0.25, -0.2) is 9.59 Å². The fourth-order valence-electron chi connectivity index (χ4n) is 1.58. The van der Waals surface area contributed by atoms with Crippen molar-refractivity contribution in [3.63, 3.8) is 0 Å². The van der Waals surface area contributed by atoms with E-state index in [1.54, 1.807) is 39.0 Å². The predicted octanol–water partition coefficient (Wildman–Crippen LogP) is 2.51. The maximum Gasteiger partial charge on any atom is 0.344 e. The first kappa shape index (κ1) is 17.6. The van der Waals surface area contributed by atoms with Gasteiger partial charge in [0.05, 0.1) is 7.11 Å². The molecule has 6 nitrogen and oxygen atoms in total. The second-order valence-electron chi connectivity index (χ2n) is 5.46. The summed E-state index contributed by atoms with van der Waals surface area (Å²) in [6.07, 6.45) is 2.43. The highest BCUT2D eigenvalue weighted by Crippen LogP contribution is 2.28. The standard InChI is InChI=1S/C16H20O6/c1-16(2,3)22-15(19)10-21-13-9-11(6-8-14(17)18)5-7-12(13)20-4/h5-9H,10H2,1-4H3,(H,17,18). The molecule has 0 aromatic heterocycles. The minimum atomic E-state index is -1.05. The average molecular weight is 308 g/mol. The molecular weight excluding hydrogens is 288 g/mol. The van der Waals surface area contributed by atoms with E-state index >= 15 is 0 Å². The van der Waals surface area contributed by atoms with Crippen LogP contribution in [0.25, 0.3) is 6.08 Å². The first-order chi connectivity index (χ1) is 10.2. The van der Waals surface area contributed by atoms with Gasteiger partial charge in [-0.2, -0.15) is 0 Å². The minimum Gasteiger partial charge on any atom is -0.493 e. The summed E-state index contributed by atoms with van der Waals surface area (Å²) in [5, 5.41) is 8.63. The average Bonchev–Trinajstić information content (AvgIpc) is 2.41. The van der Waals surface area contributed by atoms with Crippen LogP contribution < -0.4 is 9.47 Å². The van der Waals surface area contributed by atoms with Gasteiger partial charge < -0.3 is 19.3 Å². The van der Waals surface area contributed by atoms with E-state index < -0.39 is 17.5 Å². The minimum absolute atomic E-state index is 0.264. The predicted molar refractivity (Wildman–Crippen MR) is 81.0 cm³/mol.